The summed E-state index contributed by atoms with van der Waals surface area (Å²) in [5, 5.41) is 6.57. The SMILES string of the molecule is CCN1CCN(c2ccc(CNC(=NC)NCCc3ccccc3)cc2F)CC1. The van der Waals surface area contributed by atoms with Gasteiger partial charge < -0.3 is 20.4 Å². The zero-order valence-corrected chi connectivity index (χ0v) is 17.5. The van der Waals surface area contributed by atoms with Gasteiger partial charge in [0.1, 0.15) is 5.82 Å². The second-order valence-electron chi connectivity index (χ2n) is 7.30. The third-order valence-electron chi connectivity index (χ3n) is 5.40. The van der Waals surface area contributed by atoms with E-state index in [4.69, 9.17) is 0 Å². The van der Waals surface area contributed by atoms with Crippen molar-refractivity contribution in [1.29, 1.82) is 0 Å². The molecule has 0 saturated carbocycles. The number of hydrogen-bond donors (Lipinski definition) is 2. The molecule has 0 aliphatic carbocycles. The van der Waals surface area contributed by atoms with Gasteiger partial charge in [-0.25, -0.2) is 4.39 Å². The van der Waals surface area contributed by atoms with E-state index in [9.17, 15) is 4.39 Å². The molecule has 0 amide bonds. The van der Waals surface area contributed by atoms with Crippen LogP contribution in [0.2, 0.25) is 0 Å². The van der Waals surface area contributed by atoms with E-state index in [1.54, 1.807) is 13.1 Å². The Morgan fingerprint density at radius 3 is 2.41 bits per heavy atom. The minimum atomic E-state index is -0.152. The Labute approximate surface area is 173 Å². The molecule has 1 fully saturated rings. The van der Waals surface area contributed by atoms with Crippen molar-refractivity contribution >= 4 is 11.6 Å². The molecule has 1 aliphatic heterocycles. The minimum absolute atomic E-state index is 0.152. The Balaban J connectivity index is 1.47. The zero-order chi connectivity index (χ0) is 20.5. The Morgan fingerprint density at radius 1 is 1.00 bits per heavy atom. The van der Waals surface area contributed by atoms with E-state index >= 15 is 0 Å². The van der Waals surface area contributed by atoms with Gasteiger partial charge in [-0.1, -0.05) is 43.3 Å². The maximum Gasteiger partial charge on any atom is 0.191 e. The fourth-order valence-electron chi connectivity index (χ4n) is 3.60. The third kappa shape index (κ3) is 6.19. The molecule has 1 aliphatic rings. The lowest BCUT2D eigenvalue weighted by Gasteiger charge is -2.35. The van der Waals surface area contributed by atoms with E-state index in [1.807, 2.05) is 30.3 Å². The van der Waals surface area contributed by atoms with Gasteiger partial charge in [0.2, 0.25) is 0 Å². The lowest BCUT2D eigenvalue weighted by Crippen LogP contribution is -2.46. The summed E-state index contributed by atoms with van der Waals surface area (Å²) in [5.74, 6) is 0.572. The first kappa shape index (κ1) is 21.1. The molecule has 0 bridgehead atoms. The van der Waals surface area contributed by atoms with Gasteiger partial charge in [-0.3, -0.25) is 4.99 Å². The monoisotopic (exact) mass is 397 g/mol. The van der Waals surface area contributed by atoms with Crippen molar-refractivity contribution in [1.82, 2.24) is 15.5 Å². The fourth-order valence-corrected chi connectivity index (χ4v) is 3.60. The van der Waals surface area contributed by atoms with Crippen LogP contribution in [-0.4, -0.2) is 57.2 Å². The molecule has 29 heavy (non-hydrogen) atoms. The molecule has 3 rings (SSSR count). The van der Waals surface area contributed by atoms with Crippen LogP contribution < -0.4 is 15.5 Å². The van der Waals surface area contributed by atoms with Crippen LogP contribution >= 0.6 is 0 Å². The van der Waals surface area contributed by atoms with Crippen molar-refractivity contribution in [3.8, 4) is 0 Å². The molecule has 2 N–H and O–H groups in total. The smallest absolute Gasteiger partial charge is 0.191 e. The van der Waals surface area contributed by atoms with Crippen LogP contribution in [0, 0.1) is 5.82 Å². The van der Waals surface area contributed by atoms with Gasteiger partial charge in [-0.2, -0.15) is 0 Å². The number of aliphatic imine (C=N–C) groups is 1. The van der Waals surface area contributed by atoms with Gasteiger partial charge in [0.15, 0.2) is 5.96 Å². The lowest BCUT2D eigenvalue weighted by molar-refractivity contribution is 0.270. The summed E-state index contributed by atoms with van der Waals surface area (Å²) < 4.78 is 14.7. The number of anilines is 1. The average molecular weight is 398 g/mol. The van der Waals surface area contributed by atoms with Gasteiger partial charge in [0, 0.05) is 46.3 Å². The van der Waals surface area contributed by atoms with Crippen LogP contribution in [0.3, 0.4) is 0 Å². The molecule has 6 heteroatoms. The molecular formula is C23H32FN5. The molecular weight excluding hydrogens is 365 g/mol. The van der Waals surface area contributed by atoms with Gasteiger partial charge >= 0.3 is 0 Å². The first-order valence-corrected chi connectivity index (χ1v) is 10.4. The summed E-state index contributed by atoms with van der Waals surface area (Å²) in [7, 11) is 1.75. The number of benzene rings is 2. The molecule has 0 atom stereocenters. The maximum absolute atomic E-state index is 14.7. The molecule has 1 heterocycles. The molecule has 156 valence electrons. The Kier molecular flexibility index (Phi) is 7.87. The second kappa shape index (κ2) is 10.8. The van der Waals surface area contributed by atoms with Crippen LogP contribution in [0.25, 0.3) is 0 Å². The fraction of sp³-hybridized carbons (Fsp3) is 0.435. The van der Waals surface area contributed by atoms with Crippen LogP contribution in [0.1, 0.15) is 18.1 Å². The summed E-state index contributed by atoms with van der Waals surface area (Å²) in [6, 6.07) is 15.9. The van der Waals surface area contributed by atoms with Crippen molar-refractivity contribution in [2.75, 3.05) is 51.2 Å². The largest absolute Gasteiger partial charge is 0.367 e. The van der Waals surface area contributed by atoms with E-state index in [2.05, 4.69) is 44.5 Å². The van der Waals surface area contributed by atoms with Gasteiger partial charge in [-0.15, -0.1) is 0 Å². The summed E-state index contributed by atoms with van der Waals surface area (Å²) in [6.45, 7) is 8.28. The normalized spacial score (nSPS) is 15.4. The molecule has 5 nitrogen and oxygen atoms in total. The average Bonchev–Trinajstić information content (AvgIpc) is 2.77. The van der Waals surface area contributed by atoms with E-state index < -0.39 is 0 Å². The first-order valence-electron chi connectivity index (χ1n) is 10.4. The van der Waals surface area contributed by atoms with Crippen molar-refractivity contribution in [2.45, 2.75) is 19.9 Å². The number of piperazine rings is 1. The van der Waals surface area contributed by atoms with Gasteiger partial charge in [0.25, 0.3) is 0 Å². The zero-order valence-electron chi connectivity index (χ0n) is 17.5. The Hall–Kier alpha value is -2.60. The highest BCUT2D eigenvalue weighted by Crippen LogP contribution is 2.22. The highest BCUT2D eigenvalue weighted by Gasteiger charge is 2.18. The highest BCUT2D eigenvalue weighted by molar-refractivity contribution is 5.79. The van der Waals surface area contributed by atoms with Gasteiger partial charge in [-0.05, 0) is 36.2 Å². The van der Waals surface area contributed by atoms with Crippen molar-refractivity contribution in [3.63, 3.8) is 0 Å². The van der Waals surface area contributed by atoms with Gasteiger partial charge in [0.05, 0.1) is 5.69 Å². The molecule has 0 spiro atoms. The quantitative estimate of drug-likeness (QED) is 0.557. The van der Waals surface area contributed by atoms with E-state index in [-0.39, 0.29) is 5.82 Å². The Bertz CT molecular complexity index is 785. The van der Waals surface area contributed by atoms with Crippen LogP contribution in [0.4, 0.5) is 10.1 Å². The molecule has 0 radical (unpaired) electrons. The number of likely N-dealkylation sites (N-methyl/N-ethyl adjacent to an activating group) is 1. The van der Waals surface area contributed by atoms with E-state index in [0.717, 1.165) is 57.2 Å². The number of rotatable bonds is 7. The number of halogens is 1. The highest BCUT2D eigenvalue weighted by atomic mass is 19.1. The molecule has 2 aromatic rings. The summed E-state index contributed by atoms with van der Waals surface area (Å²) >= 11 is 0. The summed E-state index contributed by atoms with van der Waals surface area (Å²) in [5.41, 5.74) is 2.90. The standard InChI is InChI=1S/C23H32FN5/c1-3-28-13-15-29(16-14-28)22-10-9-20(17-21(22)24)18-27-23(25-2)26-12-11-19-7-5-4-6-8-19/h4-10,17H,3,11-16,18H2,1-2H3,(H2,25,26,27). The van der Waals surface area contributed by atoms with Crippen molar-refractivity contribution in [3.05, 3.63) is 65.5 Å². The summed E-state index contributed by atoms with van der Waals surface area (Å²) in [4.78, 5) is 8.78. The van der Waals surface area contributed by atoms with Crippen LogP contribution in [-0.2, 0) is 13.0 Å². The Morgan fingerprint density at radius 2 is 1.76 bits per heavy atom. The molecule has 0 unspecified atom stereocenters. The molecule has 0 aromatic heterocycles. The number of hydrogen-bond acceptors (Lipinski definition) is 3. The molecule has 2 aromatic carbocycles. The number of guanidine groups is 1. The topological polar surface area (TPSA) is 42.9 Å². The lowest BCUT2D eigenvalue weighted by atomic mass is 10.1. The number of nitrogens with zero attached hydrogens (tertiary/aromatic N) is 3. The van der Waals surface area contributed by atoms with E-state index in [1.165, 1.54) is 5.56 Å². The predicted molar refractivity (Wildman–Crippen MR) is 119 cm³/mol. The van der Waals surface area contributed by atoms with Crippen LogP contribution in [0.15, 0.2) is 53.5 Å². The number of nitrogens with one attached hydrogen (secondary N) is 2. The maximum atomic E-state index is 14.7. The van der Waals surface area contributed by atoms with E-state index in [0.29, 0.717) is 12.2 Å². The first-order chi connectivity index (χ1) is 14.2. The minimum Gasteiger partial charge on any atom is -0.367 e. The van der Waals surface area contributed by atoms with Crippen molar-refractivity contribution in [2.24, 2.45) is 4.99 Å². The third-order valence-corrected chi connectivity index (χ3v) is 5.40. The van der Waals surface area contributed by atoms with Crippen LogP contribution in [0.5, 0.6) is 0 Å². The second-order valence-corrected chi connectivity index (χ2v) is 7.30. The predicted octanol–water partition coefficient (Wildman–Crippen LogP) is 2.88. The van der Waals surface area contributed by atoms with Crippen molar-refractivity contribution < 1.29 is 4.39 Å². The molecule has 1 saturated heterocycles. The summed E-state index contributed by atoms with van der Waals surface area (Å²) in [6.07, 6.45) is 0.927.